The van der Waals surface area contributed by atoms with Gasteiger partial charge in [0.15, 0.2) is 11.5 Å². The van der Waals surface area contributed by atoms with Crippen molar-refractivity contribution in [2.75, 3.05) is 31.0 Å². The lowest BCUT2D eigenvalue weighted by Crippen LogP contribution is -2.17. The number of methoxy groups -OCH3 is 2. The second-order valence-corrected chi connectivity index (χ2v) is 7.64. The zero-order valence-corrected chi connectivity index (χ0v) is 18.3. The molecule has 2 rings (SSSR count). The molecule has 0 aliphatic carbocycles. The quantitative estimate of drug-likeness (QED) is 0.621. The third-order valence-corrected chi connectivity index (χ3v) is 5.25. The molecule has 0 unspecified atom stereocenters. The van der Waals surface area contributed by atoms with Gasteiger partial charge in [-0.05, 0) is 55.7 Å². The van der Waals surface area contributed by atoms with Crippen molar-refractivity contribution in [3.8, 4) is 11.5 Å². The van der Waals surface area contributed by atoms with Crippen LogP contribution in [0, 0.1) is 20.8 Å². The number of aryl methyl sites for hydroxylation is 3. The molecule has 29 heavy (non-hydrogen) atoms. The smallest absolute Gasteiger partial charge is 0.316 e. The fourth-order valence-corrected chi connectivity index (χ4v) is 3.35. The van der Waals surface area contributed by atoms with E-state index in [1.165, 1.54) is 11.8 Å². The van der Waals surface area contributed by atoms with E-state index in [9.17, 15) is 9.59 Å². The van der Waals surface area contributed by atoms with Gasteiger partial charge in [0, 0.05) is 5.69 Å². The molecule has 0 heterocycles. The molecule has 156 valence electrons. The highest BCUT2D eigenvalue weighted by Gasteiger charge is 2.12. The van der Waals surface area contributed by atoms with Crippen molar-refractivity contribution in [3.63, 3.8) is 0 Å². The number of amides is 1. The Kier molecular flexibility index (Phi) is 8.39. The first-order chi connectivity index (χ1) is 13.8. The highest BCUT2D eigenvalue weighted by Crippen LogP contribution is 2.30. The van der Waals surface area contributed by atoms with Crippen LogP contribution in [0.15, 0.2) is 30.3 Å². The van der Waals surface area contributed by atoms with Crippen LogP contribution in [-0.4, -0.2) is 37.6 Å². The van der Waals surface area contributed by atoms with E-state index in [2.05, 4.69) is 5.32 Å². The number of esters is 1. The number of anilines is 1. The Labute approximate surface area is 175 Å². The van der Waals surface area contributed by atoms with E-state index in [-0.39, 0.29) is 30.0 Å². The summed E-state index contributed by atoms with van der Waals surface area (Å²) in [6.45, 7) is 6.00. The zero-order valence-electron chi connectivity index (χ0n) is 17.5. The number of hydrogen-bond donors (Lipinski definition) is 1. The van der Waals surface area contributed by atoms with Gasteiger partial charge in [0.05, 0.1) is 25.7 Å². The SMILES string of the molecule is COc1cc(C)c(COC(=O)CSCC(=O)Nc2ccc(C)cc2C)cc1OC. The van der Waals surface area contributed by atoms with Crippen molar-refractivity contribution >= 4 is 29.3 Å². The summed E-state index contributed by atoms with van der Waals surface area (Å²) in [5.41, 5.74) is 4.72. The minimum Gasteiger partial charge on any atom is -0.493 e. The van der Waals surface area contributed by atoms with Crippen LogP contribution in [0.25, 0.3) is 0 Å². The minimum absolute atomic E-state index is 0.104. The second-order valence-electron chi connectivity index (χ2n) is 6.65. The number of rotatable bonds is 9. The lowest BCUT2D eigenvalue weighted by Gasteiger charge is -2.13. The van der Waals surface area contributed by atoms with Gasteiger partial charge in [0.25, 0.3) is 0 Å². The van der Waals surface area contributed by atoms with Gasteiger partial charge in [-0.15, -0.1) is 11.8 Å². The van der Waals surface area contributed by atoms with Gasteiger partial charge in [-0.25, -0.2) is 0 Å². The molecule has 0 bridgehead atoms. The molecule has 0 spiro atoms. The van der Waals surface area contributed by atoms with Crippen LogP contribution in [0.5, 0.6) is 11.5 Å². The summed E-state index contributed by atoms with van der Waals surface area (Å²) in [5, 5.41) is 2.86. The summed E-state index contributed by atoms with van der Waals surface area (Å²) in [6, 6.07) is 9.48. The van der Waals surface area contributed by atoms with Gasteiger partial charge in [-0.2, -0.15) is 0 Å². The van der Waals surface area contributed by atoms with Crippen LogP contribution in [0.3, 0.4) is 0 Å². The lowest BCUT2D eigenvalue weighted by atomic mass is 10.1. The summed E-state index contributed by atoms with van der Waals surface area (Å²) in [4.78, 5) is 24.1. The van der Waals surface area contributed by atoms with Crippen molar-refractivity contribution in [3.05, 3.63) is 52.6 Å². The summed E-state index contributed by atoms with van der Waals surface area (Å²) < 4.78 is 15.9. The molecule has 0 atom stereocenters. The summed E-state index contributed by atoms with van der Waals surface area (Å²) >= 11 is 1.22. The first-order valence-corrected chi connectivity index (χ1v) is 10.3. The molecule has 0 aliphatic heterocycles. The van der Waals surface area contributed by atoms with Crippen LogP contribution in [0.1, 0.15) is 22.3 Å². The molecule has 0 radical (unpaired) electrons. The lowest BCUT2D eigenvalue weighted by molar-refractivity contribution is -0.141. The third kappa shape index (κ3) is 6.71. The van der Waals surface area contributed by atoms with Crippen LogP contribution in [0.4, 0.5) is 5.69 Å². The van der Waals surface area contributed by atoms with Gasteiger partial charge < -0.3 is 19.5 Å². The van der Waals surface area contributed by atoms with E-state index in [1.54, 1.807) is 20.3 Å². The van der Waals surface area contributed by atoms with E-state index in [0.717, 1.165) is 27.9 Å². The Morgan fingerprint density at radius 2 is 1.62 bits per heavy atom. The largest absolute Gasteiger partial charge is 0.493 e. The van der Waals surface area contributed by atoms with Crippen molar-refractivity contribution in [1.82, 2.24) is 0 Å². The molecular weight excluding hydrogens is 390 g/mol. The van der Waals surface area contributed by atoms with Crippen molar-refractivity contribution < 1.29 is 23.8 Å². The second kappa shape index (κ2) is 10.8. The average molecular weight is 418 g/mol. The topological polar surface area (TPSA) is 73.9 Å². The molecule has 0 fully saturated rings. The Morgan fingerprint density at radius 1 is 0.931 bits per heavy atom. The Hall–Kier alpha value is -2.67. The molecule has 2 aromatic carbocycles. The molecule has 1 amide bonds. The van der Waals surface area contributed by atoms with Crippen LogP contribution >= 0.6 is 11.8 Å². The van der Waals surface area contributed by atoms with E-state index in [0.29, 0.717) is 11.5 Å². The molecule has 2 aromatic rings. The number of ether oxygens (including phenoxy) is 3. The Morgan fingerprint density at radius 3 is 2.28 bits per heavy atom. The summed E-state index contributed by atoms with van der Waals surface area (Å²) in [6.07, 6.45) is 0. The van der Waals surface area contributed by atoms with Gasteiger partial charge >= 0.3 is 5.97 Å². The molecule has 6 nitrogen and oxygen atoms in total. The van der Waals surface area contributed by atoms with Gasteiger partial charge in [-0.3, -0.25) is 9.59 Å². The van der Waals surface area contributed by atoms with Crippen molar-refractivity contribution in [1.29, 1.82) is 0 Å². The highest BCUT2D eigenvalue weighted by atomic mass is 32.2. The molecule has 0 aromatic heterocycles. The molecular formula is C22H27NO5S. The average Bonchev–Trinajstić information content (AvgIpc) is 2.68. The van der Waals surface area contributed by atoms with Crippen LogP contribution < -0.4 is 14.8 Å². The van der Waals surface area contributed by atoms with E-state index >= 15 is 0 Å². The molecule has 0 aliphatic rings. The monoisotopic (exact) mass is 417 g/mol. The zero-order chi connectivity index (χ0) is 21.4. The van der Waals surface area contributed by atoms with E-state index < -0.39 is 0 Å². The van der Waals surface area contributed by atoms with Crippen LogP contribution in [0.2, 0.25) is 0 Å². The standard InChI is InChI=1S/C22H27NO5S/c1-14-6-7-18(16(3)8-14)23-21(24)12-29-13-22(25)28-11-17-10-20(27-5)19(26-4)9-15(17)2/h6-10H,11-13H2,1-5H3,(H,23,24). The number of carbonyl (C=O) groups is 2. The fourth-order valence-electron chi connectivity index (χ4n) is 2.75. The molecule has 0 saturated heterocycles. The number of hydrogen-bond acceptors (Lipinski definition) is 6. The first-order valence-electron chi connectivity index (χ1n) is 9.16. The number of nitrogens with one attached hydrogen (secondary N) is 1. The predicted molar refractivity (Wildman–Crippen MR) is 116 cm³/mol. The van der Waals surface area contributed by atoms with Crippen molar-refractivity contribution in [2.45, 2.75) is 27.4 Å². The van der Waals surface area contributed by atoms with E-state index in [4.69, 9.17) is 14.2 Å². The number of thioether (sulfide) groups is 1. The predicted octanol–water partition coefficient (Wildman–Crippen LogP) is 4.04. The molecule has 0 saturated carbocycles. The maximum absolute atomic E-state index is 12.1. The third-order valence-electron chi connectivity index (χ3n) is 4.34. The van der Waals surface area contributed by atoms with Gasteiger partial charge in [0.2, 0.25) is 5.91 Å². The minimum atomic E-state index is -0.372. The van der Waals surface area contributed by atoms with Gasteiger partial charge in [0.1, 0.15) is 6.61 Å². The Bertz CT molecular complexity index is 882. The molecule has 1 N–H and O–H groups in total. The first kappa shape index (κ1) is 22.6. The number of benzene rings is 2. The van der Waals surface area contributed by atoms with Crippen LogP contribution in [-0.2, 0) is 20.9 Å². The summed E-state index contributed by atoms with van der Waals surface area (Å²) in [7, 11) is 3.13. The molecule has 7 heteroatoms. The Balaban J connectivity index is 1.78. The highest BCUT2D eigenvalue weighted by molar-refractivity contribution is 8.00. The fraction of sp³-hybridized carbons (Fsp3) is 0.364. The maximum Gasteiger partial charge on any atom is 0.316 e. The van der Waals surface area contributed by atoms with E-state index in [1.807, 2.05) is 45.0 Å². The van der Waals surface area contributed by atoms with Gasteiger partial charge in [-0.1, -0.05) is 17.7 Å². The van der Waals surface area contributed by atoms with Crippen molar-refractivity contribution in [2.24, 2.45) is 0 Å². The maximum atomic E-state index is 12.1. The summed E-state index contributed by atoms with van der Waals surface area (Å²) in [5.74, 6) is 0.978. The number of carbonyl (C=O) groups excluding carboxylic acids is 2. The normalized spacial score (nSPS) is 10.4.